The summed E-state index contributed by atoms with van der Waals surface area (Å²) >= 11 is 12.7. The molecule has 0 atom stereocenters. The van der Waals surface area contributed by atoms with Gasteiger partial charge in [-0.1, -0.05) is 41.4 Å². The van der Waals surface area contributed by atoms with E-state index in [1.807, 2.05) is 0 Å². The molecule has 2 aliphatic rings. The van der Waals surface area contributed by atoms with Crippen LogP contribution in [0.15, 0.2) is 65.2 Å². The Kier molecular flexibility index (Phi) is 6.80. The predicted molar refractivity (Wildman–Crippen MR) is 141 cm³/mol. The fourth-order valence-electron chi connectivity index (χ4n) is 4.08. The van der Waals surface area contributed by atoms with Crippen LogP contribution in [0.2, 0.25) is 10.0 Å². The van der Waals surface area contributed by atoms with E-state index in [-0.39, 0.29) is 40.5 Å². The van der Waals surface area contributed by atoms with E-state index in [2.05, 4.69) is 0 Å². The second kappa shape index (κ2) is 9.90. The summed E-state index contributed by atoms with van der Waals surface area (Å²) in [6, 6.07) is 14.4. The first-order chi connectivity index (χ1) is 17.7. The molecule has 37 heavy (non-hydrogen) atoms. The van der Waals surface area contributed by atoms with Crippen LogP contribution in [0, 0.1) is 0 Å². The van der Waals surface area contributed by atoms with Crippen molar-refractivity contribution in [3.63, 3.8) is 0 Å². The molecule has 3 aromatic carbocycles. The molecule has 0 amide bonds. The number of carbonyl (C=O) groups excluding carboxylic acids is 1. The van der Waals surface area contributed by atoms with Crippen LogP contribution in [0.5, 0.6) is 17.2 Å². The zero-order chi connectivity index (χ0) is 26.3. The van der Waals surface area contributed by atoms with Crippen molar-refractivity contribution < 1.29 is 22.7 Å². The molecule has 0 aromatic heterocycles. The number of sulfone groups is 1. The lowest BCUT2D eigenvalue weighted by molar-refractivity contribution is 0.112. The van der Waals surface area contributed by atoms with E-state index in [0.29, 0.717) is 44.5 Å². The SMILES string of the molecule is N/C(=C(/COc1ccc2c(c1)S(=O)(=O)Cc1ccc(C=O)cc1O2)N(N)C1CC1)c1c(Cl)cccc1Cl. The Hall–Kier alpha value is -3.24. The number of halogens is 2. The van der Waals surface area contributed by atoms with Crippen molar-refractivity contribution in [2.24, 2.45) is 11.6 Å². The first kappa shape index (κ1) is 25.4. The van der Waals surface area contributed by atoms with E-state index >= 15 is 0 Å². The number of carbonyl (C=O) groups is 1. The first-order valence-electron chi connectivity index (χ1n) is 11.4. The average Bonchev–Trinajstić information content (AvgIpc) is 3.71. The quantitative estimate of drug-likeness (QED) is 0.237. The minimum atomic E-state index is -3.76. The molecule has 1 heterocycles. The van der Waals surface area contributed by atoms with Gasteiger partial charge in [0.2, 0.25) is 0 Å². The number of rotatable bonds is 7. The molecule has 1 aliphatic carbocycles. The molecule has 8 nitrogen and oxygen atoms in total. The van der Waals surface area contributed by atoms with Gasteiger partial charge in [0.1, 0.15) is 35.0 Å². The third kappa shape index (κ3) is 5.13. The van der Waals surface area contributed by atoms with Crippen LogP contribution in [0.4, 0.5) is 0 Å². The number of fused-ring (bicyclic) bond motifs is 2. The van der Waals surface area contributed by atoms with Crippen molar-refractivity contribution in [2.75, 3.05) is 6.61 Å². The number of hydrogen-bond acceptors (Lipinski definition) is 8. The normalized spacial score (nSPS) is 16.4. The van der Waals surface area contributed by atoms with Gasteiger partial charge in [0.25, 0.3) is 0 Å². The van der Waals surface area contributed by atoms with Crippen LogP contribution in [0.1, 0.15) is 34.3 Å². The molecule has 192 valence electrons. The minimum absolute atomic E-state index is 0.0201. The molecular weight excluding hydrogens is 537 g/mol. The van der Waals surface area contributed by atoms with Gasteiger partial charge >= 0.3 is 0 Å². The van der Waals surface area contributed by atoms with Crippen LogP contribution in [-0.4, -0.2) is 32.4 Å². The van der Waals surface area contributed by atoms with Crippen molar-refractivity contribution in [2.45, 2.75) is 29.5 Å². The van der Waals surface area contributed by atoms with Gasteiger partial charge in [-0.15, -0.1) is 0 Å². The molecule has 0 spiro atoms. The minimum Gasteiger partial charge on any atom is -0.487 e. The Morgan fingerprint density at radius 2 is 1.81 bits per heavy atom. The molecule has 11 heteroatoms. The summed E-state index contributed by atoms with van der Waals surface area (Å²) in [6.45, 7) is -0.0526. The topological polar surface area (TPSA) is 125 Å². The molecule has 1 aliphatic heterocycles. The molecule has 0 unspecified atom stereocenters. The lowest BCUT2D eigenvalue weighted by atomic mass is 10.1. The highest BCUT2D eigenvalue weighted by atomic mass is 35.5. The molecule has 1 saturated carbocycles. The van der Waals surface area contributed by atoms with Crippen LogP contribution >= 0.6 is 23.2 Å². The van der Waals surface area contributed by atoms with Crippen molar-refractivity contribution in [3.8, 4) is 17.2 Å². The molecular formula is C26H23Cl2N3O5S. The number of hydrogen-bond donors (Lipinski definition) is 2. The Balaban J connectivity index is 1.47. The molecule has 0 radical (unpaired) electrons. The zero-order valence-electron chi connectivity index (χ0n) is 19.5. The monoisotopic (exact) mass is 559 g/mol. The summed E-state index contributed by atoms with van der Waals surface area (Å²) in [7, 11) is -3.76. The Morgan fingerprint density at radius 3 is 2.49 bits per heavy atom. The molecule has 3 aromatic rings. The van der Waals surface area contributed by atoms with Gasteiger partial charge in [-0.25, -0.2) is 14.3 Å². The van der Waals surface area contributed by atoms with Crippen LogP contribution in [0.25, 0.3) is 5.70 Å². The Labute approximate surface area is 224 Å². The lowest BCUT2D eigenvalue weighted by Crippen LogP contribution is -2.36. The van der Waals surface area contributed by atoms with Gasteiger partial charge in [0, 0.05) is 28.8 Å². The van der Waals surface area contributed by atoms with E-state index in [1.54, 1.807) is 41.4 Å². The van der Waals surface area contributed by atoms with Gasteiger partial charge in [0.05, 0.1) is 27.2 Å². The molecule has 5 rings (SSSR count). The van der Waals surface area contributed by atoms with Gasteiger partial charge in [-0.05, 0) is 43.2 Å². The lowest BCUT2D eigenvalue weighted by Gasteiger charge is -2.25. The number of nitrogens with two attached hydrogens (primary N) is 2. The largest absolute Gasteiger partial charge is 0.487 e. The fraction of sp³-hybridized carbons (Fsp3) is 0.192. The fourth-order valence-corrected chi connectivity index (χ4v) is 6.20. The van der Waals surface area contributed by atoms with E-state index < -0.39 is 9.84 Å². The maximum absolute atomic E-state index is 13.2. The third-order valence-electron chi connectivity index (χ3n) is 6.21. The van der Waals surface area contributed by atoms with Gasteiger partial charge < -0.3 is 20.2 Å². The highest BCUT2D eigenvalue weighted by Crippen LogP contribution is 2.40. The first-order valence-corrected chi connectivity index (χ1v) is 13.8. The van der Waals surface area contributed by atoms with E-state index in [4.69, 9.17) is 44.3 Å². The molecule has 0 bridgehead atoms. The smallest absolute Gasteiger partial charge is 0.186 e. The summed E-state index contributed by atoms with van der Waals surface area (Å²) in [4.78, 5) is 11.1. The van der Waals surface area contributed by atoms with Gasteiger partial charge in [-0.3, -0.25) is 4.79 Å². The maximum Gasteiger partial charge on any atom is 0.186 e. The highest BCUT2D eigenvalue weighted by Gasteiger charge is 2.31. The summed E-state index contributed by atoms with van der Waals surface area (Å²) in [6.07, 6.45) is 2.49. The summed E-state index contributed by atoms with van der Waals surface area (Å²) in [5, 5.41) is 2.30. The average molecular weight is 560 g/mol. The maximum atomic E-state index is 13.2. The van der Waals surface area contributed by atoms with Crippen molar-refractivity contribution in [1.29, 1.82) is 0 Å². The second-order valence-corrected chi connectivity index (χ2v) is 11.6. The van der Waals surface area contributed by atoms with E-state index in [1.165, 1.54) is 18.2 Å². The predicted octanol–water partition coefficient (Wildman–Crippen LogP) is 4.93. The Bertz CT molecular complexity index is 1520. The van der Waals surface area contributed by atoms with E-state index in [9.17, 15) is 13.2 Å². The summed E-state index contributed by atoms with van der Waals surface area (Å²) < 4.78 is 38.2. The van der Waals surface area contributed by atoms with Gasteiger partial charge in [0.15, 0.2) is 9.84 Å². The highest BCUT2D eigenvalue weighted by molar-refractivity contribution is 7.90. The van der Waals surface area contributed by atoms with Crippen molar-refractivity contribution >= 4 is 45.0 Å². The van der Waals surface area contributed by atoms with E-state index in [0.717, 1.165) is 12.8 Å². The van der Waals surface area contributed by atoms with Crippen molar-refractivity contribution in [3.05, 3.63) is 87.0 Å². The third-order valence-corrected chi connectivity index (χ3v) is 8.52. The van der Waals surface area contributed by atoms with Crippen LogP contribution < -0.4 is 21.1 Å². The van der Waals surface area contributed by atoms with Crippen LogP contribution in [-0.2, 0) is 15.6 Å². The summed E-state index contributed by atoms with van der Waals surface area (Å²) in [5.74, 6) is 6.83. The number of nitrogens with zero attached hydrogens (tertiary/aromatic N) is 1. The van der Waals surface area contributed by atoms with Gasteiger partial charge in [-0.2, -0.15) is 0 Å². The second-order valence-electron chi connectivity index (χ2n) is 8.84. The zero-order valence-corrected chi connectivity index (χ0v) is 21.8. The van der Waals surface area contributed by atoms with Crippen LogP contribution in [0.3, 0.4) is 0 Å². The number of benzene rings is 3. The molecule has 0 saturated heterocycles. The summed E-state index contributed by atoms with van der Waals surface area (Å²) in [5.41, 5.74) is 8.53. The molecule has 1 fully saturated rings. The number of hydrazine groups is 1. The number of ether oxygens (including phenoxy) is 2. The standard InChI is InChI=1S/C26H23Cl2N3O5S/c27-19-2-1-3-20(28)25(19)26(29)21(31(30)17-6-7-17)13-35-18-8-9-22-24(11-18)37(33,34)14-16-5-4-15(12-32)10-23(16)36-22/h1-5,8-12,17H,6-7,13-14,29-30H2/b26-21-. The Morgan fingerprint density at radius 1 is 1.08 bits per heavy atom. The molecule has 4 N–H and O–H groups in total. The van der Waals surface area contributed by atoms with Crippen molar-refractivity contribution in [1.82, 2.24) is 5.01 Å². The number of aldehydes is 1.